The Kier molecular flexibility index (Phi) is 3.96. The van der Waals surface area contributed by atoms with Crippen molar-refractivity contribution < 1.29 is 18.9 Å². The number of carboxylic acid groups (broad SMARTS) is 1. The summed E-state index contributed by atoms with van der Waals surface area (Å²) in [6, 6.07) is 14.8. The summed E-state index contributed by atoms with van der Waals surface area (Å²) in [7, 11) is -1.28. The Morgan fingerprint density at radius 2 is 1.77 bits per heavy atom. The molecule has 26 heavy (non-hydrogen) atoms. The van der Waals surface area contributed by atoms with Crippen molar-refractivity contribution in [1.29, 1.82) is 0 Å². The number of Topliss-reactive ketones (excluding diaryl/α,β-unsaturated/α-hetero) is 1. The summed E-state index contributed by atoms with van der Waals surface area (Å²) in [6.45, 7) is 0. The van der Waals surface area contributed by atoms with Gasteiger partial charge in [0.15, 0.2) is 5.78 Å². The zero-order valence-electron chi connectivity index (χ0n) is 14.1. The number of hydrogen-bond donors (Lipinski definition) is 1. The molecule has 5 heteroatoms. The molecule has 0 heterocycles. The van der Waals surface area contributed by atoms with Gasteiger partial charge in [-0.3, -0.25) is 13.8 Å². The Morgan fingerprint density at radius 1 is 1.08 bits per heavy atom. The Morgan fingerprint density at radius 3 is 2.42 bits per heavy atom. The number of benzene rings is 2. The Balaban J connectivity index is 2.06. The average Bonchev–Trinajstić information content (AvgIpc) is 2.99. The lowest BCUT2D eigenvalue weighted by Crippen LogP contribution is -2.24. The first-order chi connectivity index (χ1) is 12.5. The number of hydrogen-bond acceptors (Lipinski definition) is 3. The summed E-state index contributed by atoms with van der Waals surface area (Å²) in [5.41, 5.74) is 4.22. The number of ketones is 1. The van der Waals surface area contributed by atoms with Gasteiger partial charge in [-0.2, -0.15) is 0 Å². The van der Waals surface area contributed by atoms with Crippen molar-refractivity contribution in [3.8, 4) is 0 Å². The third-order valence-electron chi connectivity index (χ3n) is 4.87. The van der Waals surface area contributed by atoms with E-state index in [9.17, 15) is 18.9 Å². The van der Waals surface area contributed by atoms with Gasteiger partial charge in [-0.1, -0.05) is 48.5 Å². The molecule has 1 N–H and O–H groups in total. The minimum Gasteiger partial charge on any atom is -0.481 e. The molecule has 2 atom stereocenters. The highest BCUT2D eigenvalue weighted by molar-refractivity contribution is 7.94. The molecule has 130 valence electrons. The van der Waals surface area contributed by atoms with Crippen molar-refractivity contribution in [1.82, 2.24) is 0 Å². The minimum atomic E-state index is -1.28. The highest BCUT2D eigenvalue weighted by atomic mass is 32.2. The lowest BCUT2D eigenvalue weighted by atomic mass is 9.79. The van der Waals surface area contributed by atoms with Gasteiger partial charge in [0.1, 0.15) is 0 Å². The molecule has 0 aromatic heterocycles. The molecule has 0 fully saturated rings. The molecule has 4 rings (SSSR count). The van der Waals surface area contributed by atoms with Gasteiger partial charge in [0.2, 0.25) is 0 Å². The number of carboxylic acids is 1. The monoisotopic (exact) mass is 364 g/mol. The van der Waals surface area contributed by atoms with Gasteiger partial charge in [-0.25, -0.2) is 0 Å². The number of carbonyl (C=O) groups excluding carboxylic acids is 1. The molecule has 0 spiro atoms. The lowest BCUT2D eigenvalue weighted by Gasteiger charge is -2.22. The summed E-state index contributed by atoms with van der Waals surface area (Å²) in [4.78, 5) is 24.8. The predicted molar refractivity (Wildman–Crippen MR) is 102 cm³/mol. The van der Waals surface area contributed by atoms with Crippen molar-refractivity contribution >= 4 is 38.6 Å². The van der Waals surface area contributed by atoms with E-state index >= 15 is 0 Å². The van der Waals surface area contributed by atoms with Crippen LogP contribution in [0.4, 0.5) is 0 Å². The van der Waals surface area contributed by atoms with Crippen molar-refractivity contribution in [3.63, 3.8) is 0 Å². The Hall–Kier alpha value is -2.79. The van der Waals surface area contributed by atoms with E-state index in [4.69, 9.17) is 0 Å². The van der Waals surface area contributed by atoms with Gasteiger partial charge < -0.3 is 5.11 Å². The van der Waals surface area contributed by atoms with E-state index in [2.05, 4.69) is 0 Å². The van der Waals surface area contributed by atoms with Crippen LogP contribution in [0.3, 0.4) is 0 Å². The Bertz CT molecular complexity index is 1030. The van der Waals surface area contributed by atoms with E-state index < -0.39 is 22.7 Å². The summed E-state index contributed by atoms with van der Waals surface area (Å²) in [5.74, 6) is -2.03. The van der Waals surface area contributed by atoms with E-state index in [0.29, 0.717) is 21.6 Å². The predicted octanol–water partition coefficient (Wildman–Crippen LogP) is 3.62. The second-order valence-electron chi connectivity index (χ2n) is 6.41. The molecule has 2 aromatic carbocycles. The van der Waals surface area contributed by atoms with Crippen LogP contribution in [0.25, 0.3) is 16.1 Å². The van der Waals surface area contributed by atoms with Crippen molar-refractivity contribution in [2.75, 3.05) is 6.26 Å². The van der Waals surface area contributed by atoms with Gasteiger partial charge in [0.25, 0.3) is 0 Å². The lowest BCUT2D eigenvalue weighted by molar-refractivity contribution is -0.139. The van der Waals surface area contributed by atoms with Crippen LogP contribution >= 0.6 is 0 Å². The number of rotatable bonds is 3. The first kappa shape index (κ1) is 16.7. The summed E-state index contributed by atoms with van der Waals surface area (Å²) >= 11 is 0. The van der Waals surface area contributed by atoms with Crippen LogP contribution in [0.2, 0.25) is 0 Å². The van der Waals surface area contributed by atoms with E-state index in [-0.39, 0.29) is 12.2 Å². The molecule has 2 aliphatic carbocycles. The van der Waals surface area contributed by atoms with E-state index in [0.717, 1.165) is 16.7 Å². The highest BCUT2D eigenvalue weighted by Gasteiger charge is 2.39. The fourth-order valence-corrected chi connectivity index (χ4v) is 4.73. The van der Waals surface area contributed by atoms with Crippen LogP contribution < -0.4 is 0 Å². The van der Waals surface area contributed by atoms with E-state index in [1.54, 1.807) is 18.4 Å². The smallest absolute Gasteiger partial charge is 0.311 e. The molecule has 0 amide bonds. The van der Waals surface area contributed by atoms with Crippen LogP contribution in [0, 0.1) is 5.92 Å². The molecule has 2 aliphatic rings. The fraction of sp³-hybridized carbons (Fsp3) is 0.143. The zero-order chi connectivity index (χ0) is 18.4. The maximum Gasteiger partial charge on any atom is 0.311 e. The first-order valence-electron chi connectivity index (χ1n) is 8.23. The quantitative estimate of drug-likeness (QED) is 0.903. The molecule has 0 bridgehead atoms. The summed E-state index contributed by atoms with van der Waals surface area (Å²) in [6.07, 6.45) is 3.38. The minimum absolute atomic E-state index is 0.0409. The molecule has 0 radical (unpaired) electrons. The average molecular weight is 364 g/mol. The SMILES string of the molecule is CS(=O)C(=C1C=C2c3c(cccc31)C(=O)CC2C(=O)O)c1ccccc1. The van der Waals surface area contributed by atoms with Crippen LogP contribution in [-0.2, 0) is 15.6 Å². The molecular formula is C21H16O4S. The summed E-state index contributed by atoms with van der Waals surface area (Å²) in [5, 5.41) is 9.59. The zero-order valence-corrected chi connectivity index (χ0v) is 14.9. The van der Waals surface area contributed by atoms with E-state index in [1.165, 1.54) is 0 Å². The van der Waals surface area contributed by atoms with Crippen LogP contribution in [0.5, 0.6) is 0 Å². The standard InChI is InChI=1S/C21H16O4S/c1-26(25)20(12-6-3-2-4-7-12)16-10-15-17(21(23)24)11-18(22)14-9-5-8-13(16)19(14)15/h2-10,17H,11H2,1H3,(H,23,24). The first-order valence-corrected chi connectivity index (χ1v) is 9.79. The Labute approximate surface area is 153 Å². The van der Waals surface area contributed by atoms with Crippen LogP contribution in [-0.4, -0.2) is 27.3 Å². The second kappa shape index (κ2) is 6.18. The molecule has 0 saturated heterocycles. The van der Waals surface area contributed by atoms with Gasteiger partial charge in [0, 0.05) is 18.2 Å². The molecular weight excluding hydrogens is 348 g/mol. The van der Waals surface area contributed by atoms with Gasteiger partial charge in [0.05, 0.1) is 21.6 Å². The molecule has 4 nitrogen and oxygen atoms in total. The maximum atomic E-state index is 12.6. The van der Waals surface area contributed by atoms with Crippen LogP contribution in [0.15, 0.2) is 54.6 Å². The molecule has 0 aliphatic heterocycles. The van der Waals surface area contributed by atoms with Crippen LogP contribution in [0.1, 0.15) is 33.5 Å². The number of allylic oxidation sites excluding steroid dienone is 2. The third-order valence-corrected chi connectivity index (χ3v) is 5.91. The maximum absolute atomic E-state index is 12.6. The largest absolute Gasteiger partial charge is 0.481 e. The highest BCUT2D eigenvalue weighted by Crippen LogP contribution is 2.48. The number of carbonyl (C=O) groups is 2. The topological polar surface area (TPSA) is 71.4 Å². The number of aliphatic carboxylic acids is 1. The van der Waals surface area contributed by atoms with Gasteiger partial charge >= 0.3 is 5.97 Å². The fourth-order valence-electron chi connectivity index (χ4n) is 3.78. The van der Waals surface area contributed by atoms with E-state index in [1.807, 2.05) is 42.5 Å². The third kappa shape index (κ3) is 2.47. The van der Waals surface area contributed by atoms with Crippen molar-refractivity contribution in [3.05, 3.63) is 76.9 Å². The molecule has 2 unspecified atom stereocenters. The summed E-state index contributed by atoms with van der Waals surface area (Å²) < 4.78 is 12.6. The van der Waals surface area contributed by atoms with Crippen molar-refractivity contribution in [2.24, 2.45) is 5.92 Å². The molecule has 0 saturated carbocycles. The van der Waals surface area contributed by atoms with Gasteiger partial charge in [-0.05, 0) is 33.9 Å². The van der Waals surface area contributed by atoms with Gasteiger partial charge in [-0.15, -0.1) is 0 Å². The molecule has 2 aromatic rings. The normalized spacial score (nSPS) is 21.0. The van der Waals surface area contributed by atoms with Crippen molar-refractivity contribution in [2.45, 2.75) is 6.42 Å². The second-order valence-corrected chi connectivity index (χ2v) is 7.73.